The van der Waals surface area contributed by atoms with Crippen LogP contribution in [-0.4, -0.2) is 72.2 Å². The molecule has 0 aromatic carbocycles. The van der Waals surface area contributed by atoms with Crippen molar-refractivity contribution in [2.45, 2.75) is 44.7 Å². The summed E-state index contributed by atoms with van der Waals surface area (Å²) in [6.07, 6.45) is 4.78. The van der Waals surface area contributed by atoms with E-state index in [9.17, 15) is 4.79 Å². The Bertz CT molecular complexity index is 284. The molecule has 2 fully saturated rings. The van der Waals surface area contributed by atoms with Crippen LogP contribution in [-0.2, 0) is 4.79 Å². The normalized spacial score (nSPS) is 24.5. The van der Waals surface area contributed by atoms with Gasteiger partial charge in [0.15, 0.2) is 0 Å². The Kier molecular flexibility index (Phi) is 5.60. The summed E-state index contributed by atoms with van der Waals surface area (Å²) in [5.41, 5.74) is 0. The van der Waals surface area contributed by atoms with Crippen molar-refractivity contribution in [3.63, 3.8) is 0 Å². The van der Waals surface area contributed by atoms with Gasteiger partial charge in [-0.1, -0.05) is 12.8 Å². The van der Waals surface area contributed by atoms with Crippen LogP contribution in [0.3, 0.4) is 0 Å². The Morgan fingerprint density at radius 3 is 2.47 bits per heavy atom. The minimum absolute atomic E-state index is 0.0307. The number of nitrogens with one attached hydrogen (secondary N) is 1. The molecule has 1 atom stereocenters. The maximum atomic E-state index is 12.2. The molecule has 0 aromatic rings. The number of rotatable bonds is 5. The number of aliphatic hydroxyl groups excluding tert-OH is 1. The fourth-order valence-corrected chi connectivity index (χ4v) is 3.07. The quantitative estimate of drug-likeness (QED) is 0.740. The molecule has 0 radical (unpaired) electrons. The van der Waals surface area contributed by atoms with Crippen LogP contribution < -0.4 is 5.32 Å². The first kappa shape index (κ1) is 14.8. The minimum atomic E-state index is -0.0307. The molecule has 2 rings (SSSR count). The third-order valence-electron chi connectivity index (χ3n) is 4.45. The molecule has 0 spiro atoms. The van der Waals surface area contributed by atoms with Crippen LogP contribution >= 0.6 is 0 Å². The number of piperazine rings is 1. The Morgan fingerprint density at radius 2 is 1.89 bits per heavy atom. The number of carbonyl (C=O) groups excluding carboxylic acids is 1. The number of carbonyl (C=O) groups is 1. The number of aliphatic hydroxyl groups is 1. The van der Waals surface area contributed by atoms with Crippen molar-refractivity contribution in [2.24, 2.45) is 0 Å². The van der Waals surface area contributed by atoms with Crippen LogP contribution in [0.5, 0.6) is 0 Å². The summed E-state index contributed by atoms with van der Waals surface area (Å²) in [6, 6.07) is 0.377. The summed E-state index contributed by atoms with van der Waals surface area (Å²) in [4.78, 5) is 16.7. The van der Waals surface area contributed by atoms with Gasteiger partial charge < -0.3 is 10.4 Å². The number of β-amino-alcohol motifs (C(OH)–C–C–N with tert-alkyl or cyclic N) is 1. The highest BCUT2D eigenvalue weighted by Gasteiger charge is 2.27. The van der Waals surface area contributed by atoms with E-state index in [-0.39, 0.29) is 18.6 Å². The molecule has 110 valence electrons. The van der Waals surface area contributed by atoms with Gasteiger partial charge in [-0.05, 0) is 19.8 Å². The van der Waals surface area contributed by atoms with Gasteiger partial charge in [0.25, 0.3) is 0 Å². The van der Waals surface area contributed by atoms with Crippen molar-refractivity contribution in [3.8, 4) is 0 Å². The van der Waals surface area contributed by atoms with E-state index < -0.39 is 0 Å². The lowest BCUT2D eigenvalue weighted by molar-refractivity contribution is -0.127. The zero-order valence-corrected chi connectivity index (χ0v) is 12.0. The number of hydrogen-bond donors (Lipinski definition) is 2. The van der Waals surface area contributed by atoms with Gasteiger partial charge in [0, 0.05) is 38.8 Å². The van der Waals surface area contributed by atoms with Crippen molar-refractivity contribution < 1.29 is 9.90 Å². The van der Waals surface area contributed by atoms with Crippen LogP contribution in [0.4, 0.5) is 0 Å². The number of nitrogens with zero attached hydrogens (tertiary/aromatic N) is 2. The molecule has 1 saturated heterocycles. The van der Waals surface area contributed by atoms with Crippen molar-refractivity contribution >= 4 is 5.91 Å². The second-order valence-electron chi connectivity index (χ2n) is 5.77. The smallest absolute Gasteiger partial charge is 0.237 e. The van der Waals surface area contributed by atoms with E-state index in [4.69, 9.17) is 5.11 Å². The molecule has 0 aromatic heterocycles. The second kappa shape index (κ2) is 7.22. The molecule has 1 saturated carbocycles. The number of amides is 1. The van der Waals surface area contributed by atoms with Crippen LogP contribution in [0.2, 0.25) is 0 Å². The van der Waals surface area contributed by atoms with Crippen LogP contribution in [0.25, 0.3) is 0 Å². The molecule has 2 N–H and O–H groups in total. The summed E-state index contributed by atoms with van der Waals surface area (Å²) < 4.78 is 0. The topological polar surface area (TPSA) is 55.8 Å². The van der Waals surface area contributed by atoms with Crippen molar-refractivity contribution in [1.82, 2.24) is 15.1 Å². The van der Waals surface area contributed by atoms with E-state index in [1.807, 2.05) is 6.92 Å². The molecular formula is C14H27N3O2. The maximum absolute atomic E-state index is 12.2. The van der Waals surface area contributed by atoms with Crippen LogP contribution in [0.15, 0.2) is 0 Å². The predicted octanol–water partition coefficient (Wildman–Crippen LogP) is 0.0436. The molecular weight excluding hydrogens is 242 g/mol. The van der Waals surface area contributed by atoms with Crippen molar-refractivity contribution in [1.29, 1.82) is 0 Å². The number of hydrogen-bond acceptors (Lipinski definition) is 4. The lowest BCUT2D eigenvalue weighted by Crippen LogP contribution is -2.55. The molecule has 19 heavy (non-hydrogen) atoms. The van der Waals surface area contributed by atoms with E-state index in [0.717, 1.165) is 45.6 Å². The van der Waals surface area contributed by atoms with E-state index >= 15 is 0 Å². The Hall–Kier alpha value is -0.650. The van der Waals surface area contributed by atoms with Gasteiger partial charge in [-0.2, -0.15) is 0 Å². The summed E-state index contributed by atoms with van der Waals surface area (Å²) in [6.45, 7) is 6.70. The third-order valence-corrected chi connectivity index (χ3v) is 4.45. The van der Waals surface area contributed by atoms with Crippen LogP contribution in [0.1, 0.15) is 32.6 Å². The van der Waals surface area contributed by atoms with Gasteiger partial charge in [-0.15, -0.1) is 0 Å². The molecule has 1 unspecified atom stereocenters. The van der Waals surface area contributed by atoms with Crippen molar-refractivity contribution in [2.75, 3.05) is 39.3 Å². The average molecular weight is 269 g/mol. The lowest BCUT2D eigenvalue weighted by Gasteiger charge is -2.37. The molecule has 1 aliphatic heterocycles. The fourth-order valence-electron chi connectivity index (χ4n) is 3.07. The summed E-state index contributed by atoms with van der Waals surface area (Å²) >= 11 is 0. The van der Waals surface area contributed by atoms with E-state index in [1.54, 1.807) is 0 Å². The molecule has 1 aliphatic carbocycles. The van der Waals surface area contributed by atoms with Crippen molar-refractivity contribution in [3.05, 3.63) is 0 Å². The monoisotopic (exact) mass is 269 g/mol. The van der Waals surface area contributed by atoms with Gasteiger partial charge in [0.05, 0.1) is 12.6 Å². The molecule has 0 bridgehead atoms. The second-order valence-corrected chi connectivity index (χ2v) is 5.77. The molecule has 5 nitrogen and oxygen atoms in total. The van der Waals surface area contributed by atoms with Crippen LogP contribution in [0, 0.1) is 0 Å². The van der Waals surface area contributed by atoms with Gasteiger partial charge in [0.2, 0.25) is 5.91 Å². The first-order valence-corrected chi connectivity index (χ1v) is 7.58. The summed E-state index contributed by atoms with van der Waals surface area (Å²) in [5.74, 6) is 0.183. The first-order chi connectivity index (χ1) is 9.20. The van der Waals surface area contributed by atoms with E-state index in [1.165, 1.54) is 12.8 Å². The molecule has 1 amide bonds. The zero-order valence-electron chi connectivity index (χ0n) is 12.0. The lowest BCUT2D eigenvalue weighted by atomic mass is 10.2. The molecule has 2 aliphatic rings. The van der Waals surface area contributed by atoms with Gasteiger partial charge in [-0.25, -0.2) is 0 Å². The molecule has 1 heterocycles. The SMILES string of the molecule is CC(C(=O)NC1CCCC1)N1CCN(CCO)CC1. The first-order valence-electron chi connectivity index (χ1n) is 7.58. The average Bonchev–Trinajstić information content (AvgIpc) is 2.92. The fraction of sp³-hybridized carbons (Fsp3) is 0.929. The van der Waals surface area contributed by atoms with E-state index in [0.29, 0.717) is 6.04 Å². The predicted molar refractivity (Wildman–Crippen MR) is 75.0 cm³/mol. The summed E-state index contributed by atoms with van der Waals surface area (Å²) in [7, 11) is 0. The van der Waals surface area contributed by atoms with Gasteiger partial charge in [-0.3, -0.25) is 14.6 Å². The molecule has 5 heteroatoms. The Balaban J connectivity index is 1.73. The van der Waals surface area contributed by atoms with Gasteiger partial charge >= 0.3 is 0 Å². The van der Waals surface area contributed by atoms with E-state index in [2.05, 4.69) is 15.1 Å². The third kappa shape index (κ3) is 4.16. The zero-order chi connectivity index (χ0) is 13.7. The Labute approximate surface area is 115 Å². The highest BCUT2D eigenvalue weighted by atomic mass is 16.3. The summed E-state index contributed by atoms with van der Waals surface area (Å²) in [5, 5.41) is 12.1. The highest BCUT2D eigenvalue weighted by Crippen LogP contribution is 2.18. The standard InChI is InChI=1S/C14H27N3O2/c1-12(14(19)15-13-4-2-3-5-13)17-8-6-16(7-9-17)10-11-18/h12-13,18H,2-11H2,1H3,(H,15,19). The largest absolute Gasteiger partial charge is 0.395 e. The highest BCUT2D eigenvalue weighted by molar-refractivity contribution is 5.81. The van der Waals surface area contributed by atoms with Gasteiger partial charge in [0.1, 0.15) is 0 Å². The minimum Gasteiger partial charge on any atom is -0.395 e. The Morgan fingerprint density at radius 1 is 1.26 bits per heavy atom. The maximum Gasteiger partial charge on any atom is 0.237 e.